The molecule has 0 radical (unpaired) electrons. The van der Waals surface area contributed by atoms with Gasteiger partial charge >= 0.3 is 0 Å². The van der Waals surface area contributed by atoms with E-state index in [1.165, 1.54) is 0 Å². The van der Waals surface area contributed by atoms with E-state index in [1.807, 2.05) is 6.92 Å². The number of hydrogen-bond donors (Lipinski definition) is 1. The van der Waals surface area contributed by atoms with Crippen LogP contribution < -0.4 is 9.80 Å². The molecule has 2 aliphatic rings. The first kappa shape index (κ1) is 18.1. The molecule has 4 heterocycles. The van der Waals surface area contributed by atoms with Crippen molar-refractivity contribution < 1.29 is 9.63 Å². The Morgan fingerprint density at radius 2 is 1.89 bits per heavy atom. The van der Waals surface area contributed by atoms with Crippen LogP contribution in [0.3, 0.4) is 0 Å². The Labute approximate surface area is 159 Å². The third kappa shape index (κ3) is 4.36. The second-order valence-electron chi connectivity index (χ2n) is 7.37. The third-order valence-corrected chi connectivity index (χ3v) is 5.36. The monoisotopic (exact) mass is 373 g/mol. The Morgan fingerprint density at radius 3 is 2.59 bits per heavy atom. The summed E-state index contributed by atoms with van der Waals surface area (Å²) in [5.41, 5.74) is 0. The van der Waals surface area contributed by atoms with Gasteiger partial charge in [-0.1, -0.05) is 5.16 Å². The second-order valence-corrected chi connectivity index (χ2v) is 7.37. The van der Waals surface area contributed by atoms with Crippen molar-refractivity contribution in [3.05, 3.63) is 24.1 Å². The average Bonchev–Trinajstić information content (AvgIpc) is 3.13. The topological polar surface area (TPSA) is 94.7 Å². The van der Waals surface area contributed by atoms with E-state index in [0.717, 1.165) is 63.7 Å². The van der Waals surface area contributed by atoms with E-state index < -0.39 is 0 Å². The highest BCUT2D eigenvalue weighted by atomic mass is 16.5. The Balaban J connectivity index is 1.35. The zero-order chi connectivity index (χ0) is 18.6. The number of rotatable bonds is 5. The minimum absolute atomic E-state index is 0.246. The van der Waals surface area contributed by atoms with E-state index >= 15 is 0 Å². The molecular weight excluding hydrogens is 346 g/mol. The van der Waals surface area contributed by atoms with Gasteiger partial charge in [0.1, 0.15) is 18.0 Å². The average molecular weight is 373 g/mol. The molecule has 1 atom stereocenters. The molecule has 2 aromatic rings. The van der Waals surface area contributed by atoms with Crippen LogP contribution in [0.4, 0.5) is 11.6 Å². The second kappa shape index (κ2) is 8.18. The molecule has 0 saturated carbocycles. The molecule has 2 saturated heterocycles. The molecule has 0 bridgehead atoms. The molecule has 2 aliphatic heterocycles. The number of anilines is 2. The lowest BCUT2D eigenvalue weighted by atomic mass is 9.99. The van der Waals surface area contributed by atoms with Gasteiger partial charge in [0.15, 0.2) is 5.82 Å². The van der Waals surface area contributed by atoms with E-state index in [-0.39, 0.29) is 6.61 Å². The van der Waals surface area contributed by atoms with Gasteiger partial charge < -0.3 is 19.4 Å². The van der Waals surface area contributed by atoms with Crippen molar-refractivity contribution in [3.63, 3.8) is 0 Å². The lowest BCUT2D eigenvalue weighted by Gasteiger charge is -2.36. The Kier molecular flexibility index (Phi) is 5.49. The van der Waals surface area contributed by atoms with Crippen LogP contribution in [0.15, 0.2) is 16.9 Å². The van der Waals surface area contributed by atoms with Gasteiger partial charge in [-0.2, -0.15) is 4.98 Å². The minimum Gasteiger partial charge on any atom is -0.396 e. The van der Waals surface area contributed by atoms with Crippen LogP contribution in [0, 0.1) is 12.8 Å². The van der Waals surface area contributed by atoms with Crippen molar-refractivity contribution in [1.82, 2.24) is 25.0 Å². The maximum atomic E-state index is 9.46. The smallest absolute Gasteiger partial charge is 0.240 e. The van der Waals surface area contributed by atoms with E-state index in [9.17, 15) is 5.11 Å². The fourth-order valence-corrected chi connectivity index (χ4v) is 3.84. The fraction of sp³-hybridized carbons (Fsp3) is 0.667. The SMILES string of the molecule is Cc1noc(CN2CCN(c3cc(N4CCC[C@H](CO)C4)ncn3)CC2)n1. The lowest BCUT2D eigenvalue weighted by Crippen LogP contribution is -2.46. The number of aliphatic hydroxyl groups excluding tert-OH is 1. The Morgan fingerprint density at radius 1 is 1.11 bits per heavy atom. The summed E-state index contributed by atoms with van der Waals surface area (Å²) in [6, 6.07) is 2.08. The maximum Gasteiger partial charge on any atom is 0.240 e. The van der Waals surface area contributed by atoms with Crippen LogP contribution in [0.1, 0.15) is 24.6 Å². The standard InChI is InChI=1S/C18H27N7O2/c1-14-21-18(27-22-14)11-23-5-7-24(8-6-23)16-9-17(20-13-19-16)25-4-2-3-15(10-25)12-26/h9,13,15,26H,2-8,10-12H2,1H3/t15-/m0/s1. The molecule has 2 fully saturated rings. The highest BCUT2D eigenvalue weighted by Gasteiger charge is 2.23. The van der Waals surface area contributed by atoms with E-state index in [2.05, 4.69) is 40.9 Å². The van der Waals surface area contributed by atoms with Crippen LogP contribution in [0.2, 0.25) is 0 Å². The molecule has 1 N–H and O–H groups in total. The molecule has 146 valence electrons. The largest absolute Gasteiger partial charge is 0.396 e. The highest BCUT2D eigenvalue weighted by molar-refractivity contribution is 5.50. The van der Waals surface area contributed by atoms with Gasteiger partial charge in [-0.15, -0.1) is 0 Å². The van der Waals surface area contributed by atoms with Crippen LogP contribution >= 0.6 is 0 Å². The Bertz CT molecular complexity index is 745. The molecule has 0 aromatic carbocycles. The number of piperidine rings is 1. The molecular formula is C18H27N7O2. The number of aromatic nitrogens is 4. The molecule has 27 heavy (non-hydrogen) atoms. The maximum absolute atomic E-state index is 9.46. The van der Waals surface area contributed by atoms with Crippen molar-refractivity contribution in [1.29, 1.82) is 0 Å². The van der Waals surface area contributed by atoms with Crippen molar-refractivity contribution in [2.24, 2.45) is 5.92 Å². The minimum atomic E-state index is 0.246. The quantitative estimate of drug-likeness (QED) is 0.812. The summed E-state index contributed by atoms with van der Waals surface area (Å²) in [6.07, 6.45) is 3.84. The van der Waals surface area contributed by atoms with E-state index in [4.69, 9.17) is 4.52 Å². The molecule has 0 amide bonds. The van der Waals surface area contributed by atoms with Crippen LogP contribution in [-0.4, -0.2) is 76.0 Å². The summed E-state index contributed by atoms with van der Waals surface area (Å²) < 4.78 is 5.22. The third-order valence-electron chi connectivity index (χ3n) is 5.36. The first-order valence-electron chi connectivity index (χ1n) is 9.65. The highest BCUT2D eigenvalue weighted by Crippen LogP contribution is 2.24. The number of piperazine rings is 1. The van der Waals surface area contributed by atoms with Gasteiger partial charge in [-0.25, -0.2) is 9.97 Å². The number of hydrogen-bond acceptors (Lipinski definition) is 9. The van der Waals surface area contributed by atoms with Crippen molar-refractivity contribution >= 4 is 11.6 Å². The number of aliphatic hydroxyl groups is 1. The molecule has 9 heteroatoms. The number of nitrogens with zero attached hydrogens (tertiary/aromatic N) is 7. The lowest BCUT2D eigenvalue weighted by molar-refractivity contribution is 0.208. The van der Waals surface area contributed by atoms with Gasteiger partial charge in [-0.3, -0.25) is 4.90 Å². The summed E-state index contributed by atoms with van der Waals surface area (Å²) in [6.45, 7) is 8.30. The molecule has 0 aliphatic carbocycles. The van der Waals surface area contributed by atoms with E-state index in [1.54, 1.807) is 6.33 Å². The predicted molar refractivity (Wildman–Crippen MR) is 101 cm³/mol. The summed E-state index contributed by atoms with van der Waals surface area (Å²) in [5.74, 6) is 3.63. The van der Waals surface area contributed by atoms with Crippen molar-refractivity contribution in [2.75, 3.05) is 55.7 Å². The van der Waals surface area contributed by atoms with Gasteiger partial charge in [0.2, 0.25) is 5.89 Å². The summed E-state index contributed by atoms with van der Waals surface area (Å²) in [4.78, 5) is 20.1. The molecule has 2 aromatic heterocycles. The molecule has 4 rings (SSSR count). The first-order chi connectivity index (χ1) is 13.2. The van der Waals surface area contributed by atoms with E-state index in [0.29, 0.717) is 24.2 Å². The number of aryl methyl sites for hydroxylation is 1. The van der Waals surface area contributed by atoms with Crippen LogP contribution in [0.25, 0.3) is 0 Å². The molecule has 0 spiro atoms. The van der Waals surface area contributed by atoms with Crippen molar-refractivity contribution in [3.8, 4) is 0 Å². The van der Waals surface area contributed by atoms with Gasteiger partial charge in [0.05, 0.1) is 6.54 Å². The zero-order valence-electron chi connectivity index (χ0n) is 15.8. The molecule has 9 nitrogen and oxygen atoms in total. The summed E-state index contributed by atoms with van der Waals surface area (Å²) in [5, 5.41) is 13.3. The molecule has 0 unspecified atom stereocenters. The van der Waals surface area contributed by atoms with Gasteiger partial charge in [-0.05, 0) is 25.7 Å². The van der Waals surface area contributed by atoms with Crippen LogP contribution in [0.5, 0.6) is 0 Å². The Hall–Kier alpha value is -2.26. The summed E-state index contributed by atoms with van der Waals surface area (Å²) >= 11 is 0. The van der Waals surface area contributed by atoms with Crippen molar-refractivity contribution in [2.45, 2.75) is 26.3 Å². The first-order valence-corrected chi connectivity index (χ1v) is 9.65. The predicted octanol–water partition coefficient (Wildman–Crippen LogP) is 0.699. The van der Waals surface area contributed by atoms with Gasteiger partial charge in [0, 0.05) is 51.9 Å². The summed E-state index contributed by atoms with van der Waals surface area (Å²) in [7, 11) is 0. The van der Waals surface area contributed by atoms with Gasteiger partial charge in [0.25, 0.3) is 0 Å². The normalized spacial score (nSPS) is 21.6. The van der Waals surface area contributed by atoms with Crippen LogP contribution in [-0.2, 0) is 6.54 Å². The zero-order valence-corrected chi connectivity index (χ0v) is 15.8. The fourth-order valence-electron chi connectivity index (χ4n) is 3.84.